The van der Waals surface area contributed by atoms with Crippen molar-refractivity contribution < 1.29 is 9.47 Å². The molecule has 2 saturated heterocycles. The van der Waals surface area contributed by atoms with Crippen molar-refractivity contribution in [3.8, 4) is 0 Å². The highest BCUT2D eigenvalue weighted by Crippen LogP contribution is 2.19. The van der Waals surface area contributed by atoms with Gasteiger partial charge in [-0.05, 0) is 12.8 Å². The largest absolute Gasteiger partial charge is 0.378 e. The van der Waals surface area contributed by atoms with Gasteiger partial charge in [-0.25, -0.2) is 0 Å². The monoisotopic (exact) mass is 157 g/mol. The number of rotatable bonds is 0. The van der Waals surface area contributed by atoms with Crippen LogP contribution in [0.5, 0.6) is 0 Å². The van der Waals surface area contributed by atoms with Crippen LogP contribution in [0.25, 0.3) is 0 Å². The van der Waals surface area contributed by atoms with Crippen LogP contribution < -0.4 is 5.32 Å². The van der Waals surface area contributed by atoms with Gasteiger partial charge >= 0.3 is 0 Å². The molecular weight excluding hydrogens is 142 g/mol. The Bertz CT molecular complexity index is 124. The molecule has 2 heterocycles. The second kappa shape index (κ2) is 3.09. The molecule has 0 bridgehead atoms. The lowest BCUT2D eigenvalue weighted by atomic mass is 9.98. The molecule has 0 aromatic carbocycles. The summed E-state index contributed by atoms with van der Waals surface area (Å²) in [5, 5.41) is 3.21. The Hall–Kier alpha value is -0.120. The lowest BCUT2D eigenvalue weighted by Gasteiger charge is -2.42. The van der Waals surface area contributed by atoms with E-state index in [2.05, 4.69) is 5.32 Å². The zero-order valence-electron chi connectivity index (χ0n) is 6.77. The maximum atomic E-state index is 5.72. The molecule has 0 saturated carbocycles. The van der Waals surface area contributed by atoms with Crippen LogP contribution in [0.2, 0.25) is 0 Å². The molecule has 0 unspecified atom stereocenters. The summed E-state index contributed by atoms with van der Waals surface area (Å²) in [5.74, 6) is 0. The zero-order chi connectivity index (χ0) is 7.57. The minimum Gasteiger partial charge on any atom is -0.378 e. The van der Waals surface area contributed by atoms with Crippen molar-refractivity contribution in [2.75, 3.05) is 32.9 Å². The zero-order valence-corrected chi connectivity index (χ0v) is 6.77. The quantitative estimate of drug-likeness (QED) is 0.543. The van der Waals surface area contributed by atoms with Crippen LogP contribution >= 0.6 is 0 Å². The smallest absolute Gasteiger partial charge is 0.116 e. The maximum Gasteiger partial charge on any atom is 0.116 e. The Morgan fingerprint density at radius 1 is 1.09 bits per heavy atom. The molecule has 0 aliphatic carbocycles. The summed E-state index contributed by atoms with van der Waals surface area (Å²) in [7, 11) is 0. The van der Waals surface area contributed by atoms with Gasteiger partial charge in [-0.2, -0.15) is 0 Å². The van der Waals surface area contributed by atoms with E-state index in [1.165, 1.54) is 0 Å². The Labute approximate surface area is 67.1 Å². The van der Waals surface area contributed by atoms with Gasteiger partial charge in [-0.3, -0.25) is 0 Å². The summed E-state index contributed by atoms with van der Waals surface area (Å²) >= 11 is 0. The van der Waals surface area contributed by atoms with E-state index in [1.807, 2.05) is 0 Å². The molecule has 2 aliphatic rings. The van der Waals surface area contributed by atoms with E-state index in [0.717, 1.165) is 45.8 Å². The molecule has 64 valence electrons. The van der Waals surface area contributed by atoms with Gasteiger partial charge in [0.25, 0.3) is 0 Å². The number of hydrogen-bond donors (Lipinski definition) is 1. The van der Waals surface area contributed by atoms with Crippen LogP contribution in [0.15, 0.2) is 0 Å². The molecule has 0 amide bonds. The van der Waals surface area contributed by atoms with E-state index >= 15 is 0 Å². The molecule has 11 heavy (non-hydrogen) atoms. The minimum atomic E-state index is 0.0421. The van der Waals surface area contributed by atoms with Crippen molar-refractivity contribution in [1.29, 1.82) is 0 Å². The van der Waals surface area contributed by atoms with Crippen molar-refractivity contribution in [1.82, 2.24) is 5.32 Å². The second-order valence-corrected chi connectivity index (χ2v) is 3.39. The van der Waals surface area contributed by atoms with Crippen molar-refractivity contribution in [3.63, 3.8) is 0 Å². The summed E-state index contributed by atoms with van der Waals surface area (Å²) in [5.41, 5.74) is 0.0421. The SMILES string of the molecule is C1CCOC2(CNC2)COC1. The third kappa shape index (κ3) is 1.55. The minimum absolute atomic E-state index is 0.0421. The summed E-state index contributed by atoms with van der Waals surface area (Å²) in [6.45, 7) is 4.52. The summed E-state index contributed by atoms with van der Waals surface area (Å²) in [4.78, 5) is 0. The fourth-order valence-corrected chi connectivity index (χ4v) is 1.50. The van der Waals surface area contributed by atoms with Crippen LogP contribution in [0.3, 0.4) is 0 Å². The van der Waals surface area contributed by atoms with Gasteiger partial charge < -0.3 is 14.8 Å². The van der Waals surface area contributed by atoms with Crippen LogP contribution in [0.4, 0.5) is 0 Å². The van der Waals surface area contributed by atoms with E-state index in [9.17, 15) is 0 Å². The second-order valence-electron chi connectivity index (χ2n) is 3.39. The molecule has 3 nitrogen and oxygen atoms in total. The van der Waals surface area contributed by atoms with Crippen molar-refractivity contribution in [2.24, 2.45) is 0 Å². The molecule has 0 aromatic rings. The Morgan fingerprint density at radius 3 is 2.64 bits per heavy atom. The molecule has 2 aliphatic heterocycles. The molecule has 0 aromatic heterocycles. The van der Waals surface area contributed by atoms with Gasteiger partial charge in [-0.15, -0.1) is 0 Å². The maximum absolute atomic E-state index is 5.72. The van der Waals surface area contributed by atoms with E-state index in [-0.39, 0.29) is 5.60 Å². The first-order valence-corrected chi connectivity index (χ1v) is 4.34. The molecule has 0 radical (unpaired) electrons. The van der Waals surface area contributed by atoms with Gasteiger partial charge in [0.15, 0.2) is 0 Å². The molecule has 1 N–H and O–H groups in total. The van der Waals surface area contributed by atoms with E-state index < -0.39 is 0 Å². The predicted molar refractivity (Wildman–Crippen MR) is 41.6 cm³/mol. The molecule has 2 fully saturated rings. The van der Waals surface area contributed by atoms with E-state index in [4.69, 9.17) is 9.47 Å². The number of hydrogen-bond acceptors (Lipinski definition) is 3. The van der Waals surface area contributed by atoms with Gasteiger partial charge in [0.2, 0.25) is 0 Å². The third-order valence-corrected chi connectivity index (χ3v) is 2.35. The fourth-order valence-electron chi connectivity index (χ4n) is 1.50. The Balaban J connectivity index is 1.86. The highest BCUT2D eigenvalue weighted by atomic mass is 16.5. The standard InChI is InChI=1S/C8H15NO2/c1-2-4-11-8(5-9-6-8)7-10-3-1/h9H,1-7H2. The number of nitrogens with one attached hydrogen (secondary N) is 1. The van der Waals surface area contributed by atoms with Crippen molar-refractivity contribution in [3.05, 3.63) is 0 Å². The molecule has 2 rings (SSSR count). The first-order valence-electron chi connectivity index (χ1n) is 4.34. The first-order chi connectivity index (χ1) is 5.41. The van der Waals surface area contributed by atoms with Crippen molar-refractivity contribution in [2.45, 2.75) is 18.4 Å². The highest BCUT2D eigenvalue weighted by molar-refractivity contribution is 4.95. The van der Waals surface area contributed by atoms with Crippen LogP contribution in [-0.2, 0) is 9.47 Å². The number of ether oxygens (including phenoxy) is 2. The topological polar surface area (TPSA) is 30.5 Å². The van der Waals surface area contributed by atoms with Crippen molar-refractivity contribution >= 4 is 0 Å². The fraction of sp³-hybridized carbons (Fsp3) is 1.00. The van der Waals surface area contributed by atoms with Gasteiger partial charge in [0.1, 0.15) is 5.60 Å². The van der Waals surface area contributed by atoms with E-state index in [0.29, 0.717) is 0 Å². The van der Waals surface area contributed by atoms with Gasteiger partial charge in [0, 0.05) is 26.3 Å². The third-order valence-electron chi connectivity index (χ3n) is 2.35. The van der Waals surface area contributed by atoms with Crippen LogP contribution in [0, 0.1) is 0 Å². The predicted octanol–water partition coefficient (Wildman–Crippen LogP) is 0.155. The molecule has 3 heteroatoms. The summed E-state index contributed by atoms with van der Waals surface area (Å²) < 4.78 is 11.2. The molecular formula is C8H15NO2. The summed E-state index contributed by atoms with van der Waals surface area (Å²) in [6, 6.07) is 0. The average molecular weight is 157 g/mol. The van der Waals surface area contributed by atoms with Gasteiger partial charge in [0.05, 0.1) is 6.61 Å². The Morgan fingerprint density at radius 2 is 1.91 bits per heavy atom. The normalized spacial score (nSPS) is 30.5. The average Bonchev–Trinajstić information content (AvgIpc) is 1.82. The highest BCUT2D eigenvalue weighted by Gasteiger charge is 2.38. The lowest BCUT2D eigenvalue weighted by molar-refractivity contribution is -0.138. The van der Waals surface area contributed by atoms with Crippen LogP contribution in [-0.4, -0.2) is 38.5 Å². The summed E-state index contributed by atoms with van der Waals surface area (Å²) in [6.07, 6.45) is 2.28. The Kier molecular flexibility index (Phi) is 2.11. The van der Waals surface area contributed by atoms with Crippen LogP contribution in [0.1, 0.15) is 12.8 Å². The molecule has 0 atom stereocenters. The van der Waals surface area contributed by atoms with Gasteiger partial charge in [-0.1, -0.05) is 0 Å². The molecule has 1 spiro atoms. The first kappa shape index (κ1) is 7.53. The van der Waals surface area contributed by atoms with E-state index in [1.54, 1.807) is 0 Å². The lowest BCUT2D eigenvalue weighted by Crippen LogP contribution is -2.64.